The minimum Gasteiger partial charge on any atom is -0.394 e. The molecule has 1 amide bonds. The van der Waals surface area contributed by atoms with Crippen LogP contribution in [-0.4, -0.2) is 34.9 Å². The number of aliphatic hydroxyl groups is 2. The van der Waals surface area contributed by atoms with Crippen LogP contribution >= 0.6 is 0 Å². The molecule has 4 nitrogen and oxygen atoms in total. The number of hydrogen-bond donors (Lipinski definition) is 3. The average molecular weight is 574 g/mol. The van der Waals surface area contributed by atoms with Crippen molar-refractivity contribution in [3.05, 3.63) is 48.6 Å². The van der Waals surface area contributed by atoms with Crippen molar-refractivity contribution >= 4 is 5.91 Å². The van der Waals surface area contributed by atoms with Gasteiger partial charge in [0.25, 0.3) is 0 Å². The lowest BCUT2D eigenvalue weighted by Gasteiger charge is -2.19. The molecule has 0 saturated carbocycles. The summed E-state index contributed by atoms with van der Waals surface area (Å²) in [5.41, 5.74) is 0. The van der Waals surface area contributed by atoms with Gasteiger partial charge in [-0.1, -0.05) is 133 Å². The predicted octanol–water partition coefficient (Wildman–Crippen LogP) is 10.1. The van der Waals surface area contributed by atoms with Gasteiger partial charge >= 0.3 is 0 Å². The molecule has 0 rings (SSSR count). The first kappa shape index (κ1) is 39.4. The van der Waals surface area contributed by atoms with E-state index in [1.165, 1.54) is 89.9 Å². The first-order chi connectivity index (χ1) is 20.2. The largest absolute Gasteiger partial charge is 0.394 e. The van der Waals surface area contributed by atoms with E-state index in [0.717, 1.165) is 51.4 Å². The third kappa shape index (κ3) is 29.6. The predicted molar refractivity (Wildman–Crippen MR) is 179 cm³/mol. The number of rotatable bonds is 30. The highest BCUT2D eigenvalue weighted by Gasteiger charge is 2.17. The van der Waals surface area contributed by atoms with E-state index < -0.39 is 12.1 Å². The molecule has 0 aliphatic heterocycles. The van der Waals surface area contributed by atoms with Gasteiger partial charge in [-0.25, -0.2) is 0 Å². The number of aliphatic hydroxyl groups excluding tert-OH is 2. The standard InChI is InChI=1S/C37H67NO3/c1-3-5-7-9-11-13-15-17-18-19-21-22-24-26-28-30-32-36(40)35(34-39)38-37(41)33-31-29-27-25-23-20-16-14-12-10-8-6-4-2/h14,16-18,22,24,30,32,35-36,39-40H,3-13,15,19-21,23,25-29,31,33-34H2,1-2H3,(H,38,41)/b16-14-,18-17+,24-22+,32-30+. The Balaban J connectivity index is 3.76. The topological polar surface area (TPSA) is 69.6 Å². The minimum absolute atomic E-state index is 0.0912. The van der Waals surface area contributed by atoms with E-state index in [4.69, 9.17) is 0 Å². The fourth-order valence-corrected chi connectivity index (χ4v) is 4.79. The van der Waals surface area contributed by atoms with Crippen LogP contribution in [-0.2, 0) is 4.79 Å². The molecular weight excluding hydrogens is 506 g/mol. The molecule has 41 heavy (non-hydrogen) atoms. The molecule has 0 fully saturated rings. The van der Waals surface area contributed by atoms with Gasteiger partial charge in [0, 0.05) is 6.42 Å². The Morgan fingerprint density at radius 2 is 0.951 bits per heavy atom. The Labute approximate surface area is 254 Å². The second kappa shape index (κ2) is 32.9. The highest BCUT2D eigenvalue weighted by Crippen LogP contribution is 2.10. The van der Waals surface area contributed by atoms with Crippen LogP contribution in [0.4, 0.5) is 0 Å². The van der Waals surface area contributed by atoms with Crippen LogP contribution in [0, 0.1) is 0 Å². The number of carbonyl (C=O) groups is 1. The maximum atomic E-state index is 12.3. The molecule has 238 valence electrons. The smallest absolute Gasteiger partial charge is 0.220 e. The number of nitrogens with one attached hydrogen (secondary N) is 1. The van der Waals surface area contributed by atoms with Crippen LogP contribution in [0.15, 0.2) is 48.6 Å². The molecule has 0 aromatic carbocycles. The summed E-state index contributed by atoms with van der Waals surface area (Å²) in [4.78, 5) is 12.3. The first-order valence-electron chi connectivity index (χ1n) is 17.4. The van der Waals surface area contributed by atoms with Crippen molar-refractivity contribution in [3.8, 4) is 0 Å². The summed E-state index contributed by atoms with van der Waals surface area (Å²) < 4.78 is 0. The lowest BCUT2D eigenvalue weighted by molar-refractivity contribution is -0.123. The van der Waals surface area contributed by atoms with Crippen molar-refractivity contribution in [3.63, 3.8) is 0 Å². The van der Waals surface area contributed by atoms with Crippen LogP contribution in [0.5, 0.6) is 0 Å². The van der Waals surface area contributed by atoms with E-state index in [9.17, 15) is 15.0 Å². The van der Waals surface area contributed by atoms with Crippen molar-refractivity contribution in [2.24, 2.45) is 0 Å². The maximum Gasteiger partial charge on any atom is 0.220 e. The molecule has 4 heteroatoms. The van der Waals surface area contributed by atoms with E-state index in [0.29, 0.717) is 6.42 Å². The normalized spacial score (nSPS) is 13.8. The average Bonchev–Trinajstić information content (AvgIpc) is 2.97. The van der Waals surface area contributed by atoms with E-state index in [-0.39, 0.29) is 12.5 Å². The van der Waals surface area contributed by atoms with Gasteiger partial charge in [0.05, 0.1) is 18.8 Å². The van der Waals surface area contributed by atoms with Crippen LogP contribution in [0.25, 0.3) is 0 Å². The first-order valence-corrected chi connectivity index (χ1v) is 17.4. The minimum atomic E-state index is -0.871. The number of carbonyl (C=O) groups excluding carboxylic acids is 1. The molecule has 2 unspecified atom stereocenters. The maximum absolute atomic E-state index is 12.3. The highest BCUT2D eigenvalue weighted by molar-refractivity contribution is 5.76. The molecule has 0 aliphatic rings. The second-order valence-corrected chi connectivity index (χ2v) is 11.6. The molecule has 0 radical (unpaired) electrons. The summed E-state index contributed by atoms with van der Waals surface area (Å²) in [5.74, 6) is -0.0912. The summed E-state index contributed by atoms with van der Waals surface area (Å²) in [5, 5.41) is 22.8. The summed E-state index contributed by atoms with van der Waals surface area (Å²) in [7, 11) is 0. The SMILES string of the molecule is CCCCCC/C=C\CCCCCCCC(=O)NC(CO)C(O)/C=C/CC/C=C/CC/C=C/CCCCCCCC. The second-order valence-electron chi connectivity index (χ2n) is 11.6. The summed E-state index contributed by atoms with van der Waals surface area (Å²) >= 11 is 0. The number of allylic oxidation sites excluding steroid dienone is 7. The highest BCUT2D eigenvalue weighted by atomic mass is 16.3. The Hall–Kier alpha value is -1.65. The number of hydrogen-bond acceptors (Lipinski definition) is 3. The monoisotopic (exact) mass is 574 g/mol. The van der Waals surface area contributed by atoms with Crippen molar-refractivity contribution in [2.45, 2.75) is 174 Å². The van der Waals surface area contributed by atoms with Crippen LogP contribution < -0.4 is 5.32 Å². The van der Waals surface area contributed by atoms with Gasteiger partial charge in [0.2, 0.25) is 5.91 Å². The molecule has 0 aromatic rings. The van der Waals surface area contributed by atoms with E-state index in [1.807, 2.05) is 6.08 Å². The zero-order chi connectivity index (χ0) is 30.1. The zero-order valence-corrected chi connectivity index (χ0v) is 27.0. The van der Waals surface area contributed by atoms with E-state index in [2.05, 4.69) is 55.6 Å². The third-order valence-corrected chi connectivity index (χ3v) is 7.51. The van der Waals surface area contributed by atoms with Crippen LogP contribution in [0.1, 0.15) is 162 Å². The summed E-state index contributed by atoms with van der Waals surface area (Å²) in [6.45, 7) is 4.24. The van der Waals surface area contributed by atoms with Crippen molar-refractivity contribution in [2.75, 3.05) is 6.61 Å². The van der Waals surface area contributed by atoms with E-state index >= 15 is 0 Å². The van der Waals surface area contributed by atoms with Crippen LogP contribution in [0.3, 0.4) is 0 Å². The fourth-order valence-electron chi connectivity index (χ4n) is 4.79. The van der Waals surface area contributed by atoms with Gasteiger partial charge in [0.15, 0.2) is 0 Å². The van der Waals surface area contributed by atoms with Crippen molar-refractivity contribution in [1.82, 2.24) is 5.32 Å². The lowest BCUT2D eigenvalue weighted by Crippen LogP contribution is -2.45. The van der Waals surface area contributed by atoms with Gasteiger partial charge in [0.1, 0.15) is 0 Å². The summed E-state index contributed by atoms with van der Waals surface area (Å²) in [6.07, 6.45) is 43.3. The molecule has 0 saturated heterocycles. The van der Waals surface area contributed by atoms with Gasteiger partial charge < -0.3 is 15.5 Å². The molecule has 2 atom stereocenters. The van der Waals surface area contributed by atoms with Gasteiger partial charge in [-0.05, 0) is 70.6 Å². The quantitative estimate of drug-likeness (QED) is 0.0591. The fraction of sp³-hybridized carbons (Fsp3) is 0.757. The molecule has 3 N–H and O–H groups in total. The van der Waals surface area contributed by atoms with Gasteiger partial charge in [-0.15, -0.1) is 0 Å². The Kier molecular flexibility index (Phi) is 31.5. The zero-order valence-electron chi connectivity index (χ0n) is 27.0. The molecule has 0 aliphatic carbocycles. The van der Waals surface area contributed by atoms with Crippen molar-refractivity contribution < 1.29 is 15.0 Å². The molecule has 0 spiro atoms. The number of amides is 1. The number of unbranched alkanes of at least 4 members (excludes halogenated alkanes) is 17. The van der Waals surface area contributed by atoms with Gasteiger partial charge in [-0.3, -0.25) is 4.79 Å². The lowest BCUT2D eigenvalue weighted by atomic mass is 10.1. The Morgan fingerprint density at radius 1 is 0.561 bits per heavy atom. The molecular formula is C37H67NO3. The Bertz CT molecular complexity index is 667. The van der Waals surface area contributed by atoms with Crippen molar-refractivity contribution in [1.29, 1.82) is 0 Å². The van der Waals surface area contributed by atoms with E-state index in [1.54, 1.807) is 6.08 Å². The third-order valence-electron chi connectivity index (χ3n) is 7.51. The summed E-state index contributed by atoms with van der Waals surface area (Å²) in [6, 6.07) is -0.647. The van der Waals surface area contributed by atoms with Gasteiger partial charge in [-0.2, -0.15) is 0 Å². The Morgan fingerprint density at radius 3 is 1.44 bits per heavy atom. The van der Waals surface area contributed by atoms with Crippen LogP contribution in [0.2, 0.25) is 0 Å². The molecule has 0 bridgehead atoms. The molecule has 0 heterocycles. The molecule has 0 aromatic heterocycles.